The van der Waals surface area contributed by atoms with Gasteiger partial charge in [0.15, 0.2) is 0 Å². The van der Waals surface area contributed by atoms with Crippen molar-refractivity contribution in [2.45, 2.75) is 53.4 Å². The molecule has 0 bridgehead atoms. The predicted octanol–water partition coefficient (Wildman–Crippen LogP) is 1.85. The molecule has 0 aromatic rings. The van der Waals surface area contributed by atoms with Gasteiger partial charge in [0, 0.05) is 25.9 Å². The molecule has 2 heterocycles. The highest BCUT2D eigenvalue weighted by molar-refractivity contribution is 5.79. The van der Waals surface area contributed by atoms with Gasteiger partial charge in [-0.3, -0.25) is 9.59 Å². The lowest BCUT2D eigenvalue weighted by molar-refractivity contribution is -0.120. The zero-order valence-electron chi connectivity index (χ0n) is 12.1. The molecule has 2 N–H and O–H groups in total. The van der Waals surface area contributed by atoms with Crippen molar-refractivity contribution in [3.05, 3.63) is 0 Å². The van der Waals surface area contributed by atoms with Crippen LogP contribution in [0.2, 0.25) is 0 Å². The fourth-order valence-corrected chi connectivity index (χ4v) is 2.15. The molecule has 2 unspecified atom stereocenters. The maximum atomic E-state index is 10.7. The first-order valence-corrected chi connectivity index (χ1v) is 6.86. The normalized spacial score (nSPS) is 34.7. The molecule has 104 valence electrons. The molecule has 2 fully saturated rings. The topological polar surface area (TPSA) is 58.2 Å². The average Bonchev–Trinajstić information content (AvgIpc) is 2.85. The van der Waals surface area contributed by atoms with Crippen molar-refractivity contribution in [1.29, 1.82) is 0 Å². The van der Waals surface area contributed by atoms with Gasteiger partial charge in [-0.25, -0.2) is 0 Å². The highest BCUT2D eigenvalue weighted by atomic mass is 16.2. The molecule has 2 aliphatic rings. The number of carbonyl (C=O) groups excluding carboxylic acids is 2. The second-order valence-corrected chi connectivity index (χ2v) is 6.24. The van der Waals surface area contributed by atoms with E-state index >= 15 is 0 Å². The van der Waals surface area contributed by atoms with E-state index in [2.05, 4.69) is 38.3 Å². The Morgan fingerprint density at radius 3 is 1.33 bits per heavy atom. The monoisotopic (exact) mass is 254 g/mol. The van der Waals surface area contributed by atoms with Crippen molar-refractivity contribution >= 4 is 11.8 Å². The Labute approximate surface area is 110 Å². The molecule has 2 rings (SSSR count). The van der Waals surface area contributed by atoms with Gasteiger partial charge in [-0.2, -0.15) is 0 Å². The third kappa shape index (κ3) is 4.00. The van der Waals surface area contributed by atoms with Gasteiger partial charge in [-0.15, -0.1) is 0 Å². The molecule has 4 nitrogen and oxygen atoms in total. The van der Waals surface area contributed by atoms with E-state index in [9.17, 15) is 9.59 Å². The predicted molar refractivity (Wildman–Crippen MR) is 72.0 cm³/mol. The van der Waals surface area contributed by atoms with Crippen LogP contribution in [-0.4, -0.2) is 24.9 Å². The largest absolute Gasteiger partial charge is 0.356 e. The minimum absolute atomic E-state index is 0.208. The van der Waals surface area contributed by atoms with Gasteiger partial charge >= 0.3 is 0 Å². The first-order chi connectivity index (χ1) is 8.32. The van der Waals surface area contributed by atoms with Gasteiger partial charge in [0.1, 0.15) is 0 Å². The van der Waals surface area contributed by atoms with Crippen LogP contribution in [0, 0.1) is 10.8 Å². The zero-order chi connectivity index (χ0) is 13.8. The molecule has 0 radical (unpaired) electrons. The van der Waals surface area contributed by atoms with E-state index in [1.54, 1.807) is 0 Å². The summed E-state index contributed by atoms with van der Waals surface area (Å²) in [5.74, 6) is 0.415. The van der Waals surface area contributed by atoms with E-state index in [-0.39, 0.29) is 22.6 Å². The lowest BCUT2D eigenvalue weighted by atomic mass is 9.87. The summed E-state index contributed by atoms with van der Waals surface area (Å²) in [5, 5.41) is 5.64. The van der Waals surface area contributed by atoms with Crippen LogP contribution >= 0.6 is 0 Å². The van der Waals surface area contributed by atoms with Crippen molar-refractivity contribution < 1.29 is 9.59 Å². The van der Waals surface area contributed by atoms with E-state index in [1.165, 1.54) is 0 Å². The van der Waals surface area contributed by atoms with Crippen LogP contribution in [0.4, 0.5) is 0 Å². The summed E-state index contributed by atoms with van der Waals surface area (Å²) in [5.41, 5.74) is 0.494. The second-order valence-electron chi connectivity index (χ2n) is 6.24. The first-order valence-electron chi connectivity index (χ1n) is 6.86. The Hall–Kier alpha value is -1.06. The van der Waals surface area contributed by atoms with Crippen LogP contribution in [0.15, 0.2) is 0 Å². The van der Waals surface area contributed by atoms with Crippen LogP contribution in [0.1, 0.15) is 53.4 Å². The number of amides is 2. The van der Waals surface area contributed by atoms with Gasteiger partial charge in [0.05, 0.1) is 0 Å². The molecule has 0 spiro atoms. The minimum Gasteiger partial charge on any atom is -0.356 e. The van der Waals surface area contributed by atoms with E-state index < -0.39 is 0 Å². The van der Waals surface area contributed by atoms with Crippen molar-refractivity contribution in [3.63, 3.8) is 0 Å². The zero-order valence-corrected chi connectivity index (χ0v) is 12.1. The smallest absolute Gasteiger partial charge is 0.220 e. The van der Waals surface area contributed by atoms with Crippen LogP contribution in [0.5, 0.6) is 0 Å². The highest BCUT2D eigenvalue weighted by Crippen LogP contribution is 2.28. The SMILES string of the molecule is CCC1(C)CNC(=O)C1.CCC1(C)CNC(=O)C1. The number of hydrogen-bond donors (Lipinski definition) is 2. The minimum atomic E-state index is 0.208. The summed E-state index contributed by atoms with van der Waals surface area (Å²) in [6.45, 7) is 10.3. The summed E-state index contributed by atoms with van der Waals surface area (Å²) in [6.07, 6.45) is 3.60. The van der Waals surface area contributed by atoms with Gasteiger partial charge in [-0.1, -0.05) is 27.7 Å². The Morgan fingerprint density at radius 1 is 0.889 bits per heavy atom. The van der Waals surface area contributed by atoms with Crippen molar-refractivity contribution in [1.82, 2.24) is 10.6 Å². The first kappa shape index (κ1) is 15.0. The third-order valence-corrected chi connectivity index (χ3v) is 4.31. The maximum absolute atomic E-state index is 10.7. The van der Waals surface area contributed by atoms with Crippen molar-refractivity contribution in [2.24, 2.45) is 10.8 Å². The summed E-state index contributed by atoms with van der Waals surface area (Å²) in [4.78, 5) is 21.4. The maximum Gasteiger partial charge on any atom is 0.220 e. The summed E-state index contributed by atoms with van der Waals surface area (Å²) < 4.78 is 0. The number of nitrogens with one attached hydrogen (secondary N) is 2. The molecule has 2 amide bonds. The van der Waals surface area contributed by atoms with Gasteiger partial charge in [0.2, 0.25) is 11.8 Å². The Kier molecular flexibility index (Phi) is 4.77. The Bertz CT molecular complexity index is 298. The highest BCUT2D eigenvalue weighted by Gasteiger charge is 2.32. The van der Waals surface area contributed by atoms with Crippen molar-refractivity contribution in [2.75, 3.05) is 13.1 Å². The molecule has 2 aliphatic heterocycles. The third-order valence-electron chi connectivity index (χ3n) is 4.31. The molecule has 0 aliphatic carbocycles. The van der Waals surface area contributed by atoms with Gasteiger partial charge in [-0.05, 0) is 23.7 Å². The summed E-state index contributed by atoms with van der Waals surface area (Å²) >= 11 is 0. The summed E-state index contributed by atoms with van der Waals surface area (Å²) in [6, 6.07) is 0. The standard InChI is InChI=1S/2C7H13NO/c2*1-3-7(2)4-6(9)8-5-7/h2*3-5H2,1-2H3,(H,8,9). The van der Waals surface area contributed by atoms with Gasteiger partial charge in [0.25, 0.3) is 0 Å². The Morgan fingerprint density at radius 2 is 1.22 bits per heavy atom. The fourth-order valence-electron chi connectivity index (χ4n) is 2.15. The quantitative estimate of drug-likeness (QED) is 0.790. The lowest BCUT2D eigenvalue weighted by Gasteiger charge is -2.17. The van der Waals surface area contributed by atoms with Crippen LogP contribution in [0.25, 0.3) is 0 Å². The van der Waals surface area contributed by atoms with Crippen LogP contribution in [-0.2, 0) is 9.59 Å². The molecule has 4 heteroatoms. The van der Waals surface area contributed by atoms with Crippen LogP contribution in [0.3, 0.4) is 0 Å². The number of hydrogen-bond acceptors (Lipinski definition) is 2. The molecule has 0 aromatic heterocycles. The van der Waals surface area contributed by atoms with Gasteiger partial charge < -0.3 is 10.6 Å². The van der Waals surface area contributed by atoms with E-state index in [4.69, 9.17) is 0 Å². The molecule has 18 heavy (non-hydrogen) atoms. The molecular formula is C14H26N2O2. The molecule has 0 aromatic carbocycles. The molecule has 2 saturated heterocycles. The average molecular weight is 254 g/mol. The Balaban J connectivity index is 0.000000180. The second kappa shape index (κ2) is 5.72. The molecule has 0 saturated carbocycles. The number of rotatable bonds is 2. The molecular weight excluding hydrogens is 228 g/mol. The number of carbonyl (C=O) groups is 2. The van der Waals surface area contributed by atoms with E-state index in [0.717, 1.165) is 25.9 Å². The lowest BCUT2D eigenvalue weighted by Crippen LogP contribution is -2.19. The molecule has 2 atom stereocenters. The van der Waals surface area contributed by atoms with E-state index in [0.29, 0.717) is 12.8 Å². The summed E-state index contributed by atoms with van der Waals surface area (Å²) in [7, 11) is 0. The van der Waals surface area contributed by atoms with E-state index in [1.807, 2.05) is 0 Å². The van der Waals surface area contributed by atoms with Crippen molar-refractivity contribution in [3.8, 4) is 0 Å². The van der Waals surface area contributed by atoms with Crippen LogP contribution < -0.4 is 10.6 Å². The fraction of sp³-hybridized carbons (Fsp3) is 0.857.